The van der Waals surface area contributed by atoms with Crippen LogP contribution in [0.1, 0.15) is 34.6 Å². The summed E-state index contributed by atoms with van der Waals surface area (Å²) < 4.78 is 4.12. The van der Waals surface area contributed by atoms with E-state index in [0.717, 1.165) is 0 Å². The smallest absolute Gasteiger partial charge is 0.378 e. The number of imide groups is 1. The molecule has 0 unspecified atom stereocenters. The molecule has 1 heterocycles. The fourth-order valence-corrected chi connectivity index (χ4v) is 1.88. The molecule has 2 amide bonds. The highest BCUT2D eigenvalue weighted by atomic mass is 16.7. The minimum Gasteiger partial charge on any atom is -0.541 e. The maximum Gasteiger partial charge on any atom is 0.378 e. The first-order valence-corrected chi connectivity index (χ1v) is 6.02. The highest BCUT2D eigenvalue weighted by Crippen LogP contribution is 2.24. The first-order chi connectivity index (χ1) is 9.47. The van der Waals surface area contributed by atoms with Gasteiger partial charge in [-0.05, 0) is 18.1 Å². The second kappa shape index (κ2) is 5.46. The van der Waals surface area contributed by atoms with Crippen LogP contribution in [0.3, 0.4) is 0 Å². The number of carbonyl (C=O) groups excluding carboxylic acids is 3. The molecule has 7 heteroatoms. The van der Waals surface area contributed by atoms with Crippen LogP contribution in [0.5, 0.6) is 0 Å². The summed E-state index contributed by atoms with van der Waals surface area (Å²) in [5, 5.41) is 0.576. The Morgan fingerprint density at radius 2 is 1.65 bits per heavy atom. The van der Waals surface area contributed by atoms with Crippen LogP contribution in [0.25, 0.3) is 0 Å². The number of nitrogens with zero attached hydrogens (tertiary/aromatic N) is 1. The van der Waals surface area contributed by atoms with Crippen molar-refractivity contribution in [2.75, 3.05) is 0 Å². The van der Waals surface area contributed by atoms with Gasteiger partial charge in [-0.25, -0.2) is 4.84 Å². The minimum absolute atomic E-state index is 0.237. The molecule has 6 nitrogen and oxygen atoms in total. The molecule has 102 valence electrons. The van der Waals surface area contributed by atoms with Gasteiger partial charge in [0.15, 0.2) is 6.10 Å². The minimum atomic E-state index is -1.14. The Morgan fingerprint density at radius 1 is 1.15 bits per heavy atom. The van der Waals surface area contributed by atoms with Gasteiger partial charge in [0.25, 0.3) is 11.8 Å². The third-order valence-corrected chi connectivity index (χ3v) is 2.93. The molecule has 0 saturated carbocycles. The van der Waals surface area contributed by atoms with Crippen molar-refractivity contribution in [3.63, 3.8) is 0 Å². The van der Waals surface area contributed by atoms with Crippen molar-refractivity contribution in [1.29, 1.82) is 0 Å². The van der Waals surface area contributed by atoms with Gasteiger partial charge in [0.2, 0.25) is 0 Å². The summed E-state index contributed by atoms with van der Waals surface area (Å²) in [5.74, 6) is -2.39. The lowest BCUT2D eigenvalue weighted by atomic mass is 10.1. The molecule has 0 bridgehead atoms. The molecule has 1 aliphatic rings. The van der Waals surface area contributed by atoms with Gasteiger partial charge >= 0.3 is 14.0 Å². The lowest BCUT2D eigenvalue weighted by Crippen LogP contribution is -2.41. The van der Waals surface area contributed by atoms with E-state index in [-0.39, 0.29) is 17.0 Å². The zero-order chi connectivity index (χ0) is 14.9. The molecule has 0 saturated heterocycles. The van der Waals surface area contributed by atoms with Crippen molar-refractivity contribution >= 4 is 25.8 Å². The highest BCUT2D eigenvalue weighted by molar-refractivity contribution is 6.20. The van der Waals surface area contributed by atoms with Gasteiger partial charge in [-0.3, -0.25) is 14.4 Å². The number of fused-ring (bicyclic) bond motifs is 1. The molecule has 1 aromatic rings. The molecule has 0 fully saturated rings. The normalized spacial score (nSPS) is 15.4. The Labute approximate surface area is 117 Å². The van der Waals surface area contributed by atoms with E-state index in [1.54, 1.807) is 26.0 Å². The quantitative estimate of drug-likeness (QED) is 0.601. The van der Waals surface area contributed by atoms with Crippen LogP contribution in [-0.2, 0) is 14.3 Å². The molecule has 20 heavy (non-hydrogen) atoms. The molecule has 1 atom stereocenters. The summed E-state index contributed by atoms with van der Waals surface area (Å²) in [6.45, 7) is 3.36. The number of rotatable bonds is 4. The fourth-order valence-electron chi connectivity index (χ4n) is 1.88. The topological polar surface area (TPSA) is 72.9 Å². The fraction of sp³-hybridized carbons (Fsp3) is 0.308. The van der Waals surface area contributed by atoms with E-state index < -0.39 is 23.9 Å². The summed E-state index contributed by atoms with van der Waals surface area (Å²) >= 11 is 0. The monoisotopic (exact) mass is 273 g/mol. The van der Waals surface area contributed by atoms with Gasteiger partial charge in [-0.2, -0.15) is 0 Å². The largest absolute Gasteiger partial charge is 0.541 e. The first-order valence-electron chi connectivity index (χ1n) is 6.02. The summed E-state index contributed by atoms with van der Waals surface area (Å²) in [6.07, 6.45) is -1.14. The van der Waals surface area contributed by atoms with Gasteiger partial charge in [0.1, 0.15) is 0 Å². The third-order valence-electron chi connectivity index (χ3n) is 2.93. The molecular formula is C13H12BNO5. The third kappa shape index (κ3) is 2.32. The molecule has 0 aliphatic carbocycles. The first kappa shape index (κ1) is 14.3. The number of benzene rings is 1. The summed E-state index contributed by atoms with van der Waals surface area (Å²) in [4.78, 5) is 40.9. The van der Waals surface area contributed by atoms with Gasteiger partial charge in [0, 0.05) is 0 Å². The second-order valence-corrected chi connectivity index (χ2v) is 4.66. The highest BCUT2D eigenvalue weighted by Gasteiger charge is 2.40. The Morgan fingerprint density at radius 3 is 2.05 bits per heavy atom. The van der Waals surface area contributed by atoms with Gasteiger partial charge in [-0.15, -0.1) is 5.06 Å². The molecule has 1 aromatic carbocycles. The van der Waals surface area contributed by atoms with E-state index in [0.29, 0.717) is 5.06 Å². The summed E-state index contributed by atoms with van der Waals surface area (Å²) in [5.41, 5.74) is 0.474. The molecule has 1 aliphatic heterocycles. The Bertz CT molecular complexity index is 537. The van der Waals surface area contributed by atoms with E-state index in [9.17, 15) is 14.4 Å². The number of hydroxylamine groups is 2. The maximum atomic E-state index is 12.1. The van der Waals surface area contributed by atoms with Crippen molar-refractivity contribution in [3.05, 3.63) is 35.4 Å². The second-order valence-electron chi connectivity index (χ2n) is 4.66. The van der Waals surface area contributed by atoms with Gasteiger partial charge in [0.05, 0.1) is 11.1 Å². The molecular weight excluding hydrogens is 261 g/mol. The van der Waals surface area contributed by atoms with E-state index in [1.807, 2.05) is 0 Å². The molecule has 2 rings (SSSR count). The van der Waals surface area contributed by atoms with Crippen molar-refractivity contribution < 1.29 is 23.9 Å². The lowest BCUT2D eigenvalue weighted by Gasteiger charge is -2.23. The molecule has 0 spiro atoms. The van der Waals surface area contributed by atoms with E-state index in [4.69, 9.17) is 12.9 Å². The Kier molecular flexibility index (Phi) is 3.90. The standard InChI is InChI=1S/C13H12BNO5/c1-7(2)10(13(18)19-14)20-15-11(16)8-5-3-4-6-9(8)12(15)17/h3-7,10H,1-2H3/t10-/m0/s1. The van der Waals surface area contributed by atoms with E-state index >= 15 is 0 Å². The Hall–Kier alpha value is -2.15. The van der Waals surface area contributed by atoms with Crippen LogP contribution in [0, 0.1) is 5.92 Å². The van der Waals surface area contributed by atoms with Crippen LogP contribution in [-0.4, -0.2) is 37.0 Å². The molecule has 0 aromatic heterocycles. The van der Waals surface area contributed by atoms with Crippen molar-refractivity contribution in [1.82, 2.24) is 5.06 Å². The van der Waals surface area contributed by atoms with Crippen LogP contribution in [0.4, 0.5) is 0 Å². The van der Waals surface area contributed by atoms with Crippen LogP contribution >= 0.6 is 0 Å². The number of amides is 2. The van der Waals surface area contributed by atoms with Crippen LogP contribution in [0.15, 0.2) is 24.3 Å². The van der Waals surface area contributed by atoms with Crippen molar-refractivity contribution in [2.24, 2.45) is 5.92 Å². The SMILES string of the molecule is [B]OC(=O)[C@@H](ON1C(=O)c2ccccc2C1=O)C(C)C. The van der Waals surface area contributed by atoms with Crippen molar-refractivity contribution in [2.45, 2.75) is 20.0 Å². The molecule has 2 radical (unpaired) electrons. The van der Waals surface area contributed by atoms with Crippen LogP contribution in [0.2, 0.25) is 0 Å². The van der Waals surface area contributed by atoms with E-state index in [1.165, 1.54) is 12.1 Å². The predicted molar refractivity (Wildman–Crippen MR) is 68.5 cm³/mol. The summed E-state index contributed by atoms with van der Waals surface area (Å²) in [7, 11) is 4.82. The number of carbonyl (C=O) groups is 3. The van der Waals surface area contributed by atoms with Crippen LogP contribution < -0.4 is 0 Å². The average molecular weight is 273 g/mol. The Balaban J connectivity index is 2.25. The zero-order valence-corrected chi connectivity index (χ0v) is 11.0. The van der Waals surface area contributed by atoms with E-state index in [2.05, 4.69) is 4.65 Å². The number of hydrogen-bond acceptors (Lipinski definition) is 5. The number of hydrogen-bond donors (Lipinski definition) is 0. The lowest BCUT2D eigenvalue weighted by molar-refractivity contribution is -0.178. The van der Waals surface area contributed by atoms with Crippen molar-refractivity contribution in [3.8, 4) is 0 Å². The summed E-state index contributed by atoms with van der Waals surface area (Å²) in [6, 6.07) is 6.32. The maximum absolute atomic E-state index is 12.1. The van der Waals surface area contributed by atoms with Gasteiger partial charge in [-0.1, -0.05) is 26.0 Å². The average Bonchev–Trinajstić information content (AvgIpc) is 2.68. The molecule has 0 N–H and O–H groups in total. The zero-order valence-electron chi connectivity index (χ0n) is 11.0. The van der Waals surface area contributed by atoms with Gasteiger partial charge < -0.3 is 4.65 Å². The predicted octanol–water partition coefficient (Wildman–Crippen LogP) is 0.865.